The molecule has 2 aromatic carbocycles. The number of Topliss-reactive ketones (excluding diaryl/α,β-unsaturated/α-hetero) is 1. The molecule has 1 heterocycles. The Kier molecular flexibility index (Phi) is 6.31. The molecule has 0 amide bonds. The van der Waals surface area contributed by atoms with Crippen LogP contribution in [0.2, 0.25) is 0 Å². The van der Waals surface area contributed by atoms with E-state index in [1.165, 1.54) is 38.8 Å². The summed E-state index contributed by atoms with van der Waals surface area (Å²) >= 11 is 0. The maximum atomic E-state index is 14.1. The number of aromatic hydroxyl groups is 1. The van der Waals surface area contributed by atoms with Crippen LogP contribution in [-0.2, 0) is 11.2 Å². The average Bonchev–Trinajstić information content (AvgIpc) is 3.39. The number of ketones is 1. The fourth-order valence-corrected chi connectivity index (χ4v) is 4.13. The van der Waals surface area contributed by atoms with Crippen LogP contribution >= 0.6 is 0 Å². The first-order valence-electron chi connectivity index (χ1n) is 10.5. The predicted molar refractivity (Wildman–Crippen MR) is 123 cm³/mol. The quantitative estimate of drug-likeness (QED) is 0.492. The van der Waals surface area contributed by atoms with E-state index in [0.29, 0.717) is 24.3 Å². The highest BCUT2D eigenvalue weighted by Crippen LogP contribution is 2.45. The first kappa shape index (κ1) is 22.3. The number of carbonyl (C=O) groups is 1. The monoisotopic (exact) mass is 449 g/mol. The van der Waals surface area contributed by atoms with Crippen LogP contribution in [0, 0.1) is 5.82 Å². The number of ether oxygens (including phenoxy) is 2. The number of rotatable bonds is 8. The molecule has 33 heavy (non-hydrogen) atoms. The van der Waals surface area contributed by atoms with E-state index in [-0.39, 0.29) is 23.8 Å². The Morgan fingerprint density at radius 1 is 1.15 bits per heavy atom. The number of nitrogens with zero attached hydrogens (tertiary/aromatic N) is 1. The van der Waals surface area contributed by atoms with Gasteiger partial charge >= 0.3 is 0 Å². The molecule has 1 aliphatic carbocycles. The predicted octanol–water partition coefficient (Wildman–Crippen LogP) is 5.46. The van der Waals surface area contributed by atoms with Gasteiger partial charge in [-0.05, 0) is 77.1 Å². The molecule has 6 nitrogen and oxygen atoms in total. The van der Waals surface area contributed by atoms with Gasteiger partial charge < -0.3 is 19.1 Å². The zero-order valence-corrected chi connectivity index (χ0v) is 18.6. The van der Waals surface area contributed by atoms with Gasteiger partial charge in [-0.3, -0.25) is 4.79 Å². The van der Waals surface area contributed by atoms with Crippen molar-refractivity contribution in [1.29, 1.82) is 0 Å². The number of hydrogen-bond donors (Lipinski definition) is 1. The van der Waals surface area contributed by atoms with E-state index in [2.05, 4.69) is 5.16 Å². The highest BCUT2D eigenvalue weighted by atomic mass is 19.1. The summed E-state index contributed by atoms with van der Waals surface area (Å²) in [5.74, 6) is 0.237. The summed E-state index contributed by atoms with van der Waals surface area (Å²) < 4.78 is 29.4. The third-order valence-electron chi connectivity index (χ3n) is 5.81. The van der Waals surface area contributed by atoms with E-state index in [0.717, 1.165) is 39.0 Å². The summed E-state index contributed by atoms with van der Waals surface area (Å²) in [5, 5.41) is 13.8. The van der Waals surface area contributed by atoms with E-state index < -0.39 is 0 Å². The number of methoxy groups -OCH3 is 2. The van der Waals surface area contributed by atoms with Crippen LogP contribution in [0.25, 0.3) is 17.2 Å². The van der Waals surface area contributed by atoms with Crippen LogP contribution in [0.1, 0.15) is 42.0 Å². The van der Waals surface area contributed by atoms with Gasteiger partial charge in [-0.15, -0.1) is 0 Å². The maximum Gasteiger partial charge on any atom is 0.200 e. The third-order valence-corrected chi connectivity index (χ3v) is 5.81. The zero-order valence-electron chi connectivity index (χ0n) is 18.6. The highest BCUT2D eigenvalue weighted by molar-refractivity contribution is 6.05. The van der Waals surface area contributed by atoms with E-state index in [1.54, 1.807) is 18.2 Å². The molecule has 170 valence electrons. The number of aromatic nitrogens is 1. The Morgan fingerprint density at radius 3 is 2.52 bits per heavy atom. The van der Waals surface area contributed by atoms with Crippen molar-refractivity contribution in [3.63, 3.8) is 0 Å². The fraction of sp³-hybridized carbons (Fsp3) is 0.231. The lowest BCUT2D eigenvalue weighted by molar-refractivity contribution is -0.118. The Balaban J connectivity index is 1.69. The highest BCUT2D eigenvalue weighted by Gasteiger charge is 2.25. The number of fused-ring (bicyclic) bond motifs is 1. The van der Waals surface area contributed by atoms with Gasteiger partial charge in [-0.2, -0.15) is 0 Å². The molecule has 3 aromatic rings. The number of carbonyl (C=O) groups excluding carboxylic acids is 1. The lowest BCUT2D eigenvalue weighted by Gasteiger charge is -2.11. The SMILES string of the molecule is COc1cc(C=C2C(C)=C(CCC(=O)Cc3cnoc3)c3cc(F)ccc32)cc(OC)c1O. The van der Waals surface area contributed by atoms with Crippen LogP contribution in [0.5, 0.6) is 17.2 Å². The number of halogens is 1. The van der Waals surface area contributed by atoms with E-state index >= 15 is 0 Å². The van der Waals surface area contributed by atoms with E-state index in [4.69, 9.17) is 14.0 Å². The topological polar surface area (TPSA) is 81.8 Å². The van der Waals surface area contributed by atoms with Crippen molar-refractivity contribution in [1.82, 2.24) is 5.16 Å². The van der Waals surface area contributed by atoms with Crippen LogP contribution in [0.4, 0.5) is 4.39 Å². The lowest BCUT2D eigenvalue weighted by atomic mass is 9.98. The van der Waals surface area contributed by atoms with Crippen LogP contribution < -0.4 is 9.47 Å². The third kappa shape index (κ3) is 4.53. The summed E-state index contributed by atoms with van der Waals surface area (Å²) in [6, 6.07) is 8.11. The molecule has 4 rings (SSSR count). The maximum absolute atomic E-state index is 14.1. The standard InChI is InChI=1S/C26H24FNO5/c1-15-20(7-5-19(29)8-17-13-28-33-14-17)23-12-18(27)4-6-21(23)22(15)9-16-10-24(31-2)26(30)25(11-16)32-3/h4,6,9-14,30H,5,7-8H2,1-3H3. The Labute approximate surface area is 190 Å². The second-order valence-electron chi connectivity index (χ2n) is 7.87. The van der Waals surface area contributed by atoms with E-state index in [9.17, 15) is 14.3 Å². The molecule has 0 saturated carbocycles. The van der Waals surface area contributed by atoms with Crippen LogP contribution in [-0.4, -0.2) is 30.3 Å². The summed E-state index contributed by atoms with van der Waals surface area (Å²) in [7, 11) is 2.94. The molecular weight excluding hydrogens is 425 g/mol. The van der Waals surface area contributed by atoms with Gasteiger partial charge in [0.2, 0.25) is 5.75 Å². The Bertz CT molecular complexity index is 1230. The molecule has 0 aliphatic heterocycles. The molecule has 0 unspecified atom stereocenters. The second-order valence-corrected chi connectivity index (χ2v) is 7.87. The first-order valence-corrected chi connectivity index (χ1v) is 10.5. The van der Waals surface area contributed by atoms with Crippen molar-refractivity contribution in [2.75, 3.05) is 14.2 Å². The minimum absolute atomic E-state index is 0.0573. The molecule has 1 N–H and O–H groups in total. The molecule has 0 fully saturated rings. The van der Waals surface area contributed by atoms with Crippen molar-refractivity contribution in [3.8, 4) is 17.2 Å². The zero-order chi connectivity index (χ0) is 23.5. The lowest BCUT2D eigenvalue weighted by Crippen LogP contribution is -2.02. The summed E-state index contributed by atoms with van der Waals surface area (Å²) in [5.41, 5.74) is 6.00. The van der Waals surface area contributed by atoms with Gasteiger partial charge in [0.05, 0.1) is 20.4 Å². The van der Waals surface area contributed by atoms with Gasteiger partial charge in [0.25, 0.3) is 0 Å². The smallest absolute Gasteiger partial charge is 0.200 e. The first-order chi connectivity index (χ1) is 15.9. The fourth-order valence-electron chi connectivity index (χ4n) is 4.13. The minimum atomic E-state index is -0.330. The van der Waals surface area contributed by atoms with Crippen molar-refractivity contribution in [2.24, 2.45) is 0 Å². The Morgan fingerprint density at radius 2 is 1.88 bits per heavy atom. The van der Waals surface area contributed by atoms with Crippen LogP contribution in [0.3, 0.4) is 0 Å². The molecule has 1 aromatic heterocycles. The number of phenols is 1. The number of benzene rings is 2. The molecule has 0 radical (unpaired) electrons. The molecule has 0 spiro atoms. The molecular formula is C26H24FNO5. The summed E-state index contributed by atoms with van der Waals surface area (Å²) in [4.78, 5) is 12.5. The minimum Gasteiger partial charge on any atom is -0.502 e. The van der Waals surface area contributed by atoms with E-state index in [1.807, 2.05) is 13.0 Å². The molecule has 7 heteroatoms. The van der Waals surface area contributed by atoms with Gasteiger partial charge in [-0.1, -0.05) is 11.2 Å². The average molecular weight is 449 g/mol. The van der Waals surface area contributed by atoms with Crippen LogP contribution in [0.15, 0.2) is 52.9 Å². The number of allylic oxidation sites excluding steroid dienone is 3. The Hall–Kier alpha value is -3.87. The van der Waals surface area contributed by atoms with Gasteiger partial charge in [0.15, 0.2) is 11.5 Å². The van der Waals surface area contributed by atoms with Gasteiger partial charge in [0.1, 0.15) is 17.9 Å². The normalized spacial score (nSPS) is 14.0. The van der Waals surface area contributed by atoms with Crippen molar-refractivity contribution in [3.05, 3.63) is 76.4 Å². The molecule has 0 saturated heterocycles. The van der Waals surface area contributed by atoms with Crippen molar-refractivity contribution >= 4 is 23.0 Å². The second kappa shape index (κ2) is 9.32. The van der Waals surface area contributed by atoms with Crippen molar-refractivity contribution < 1.29 is 28.3 Å². The van der Waals surface area contributed by atoms with Crippen molar-refractivity contribution in [2.45, 2.75) is 26.2 Å². The summed E-state index contributed by atoms with van der Waals surface area (Å²) in [6.45, 7) is 1.97. The number of hydrogen-bond acceptors (Lipinski definition) is 6. The summed E-state index contributed by atoms with van der Waals surface area (Å²) in [6.07, 6.45) is 6.01. The molecule has 1 aliphatic rings. The van der Waals surface area contributed by atoms with Gasteiger partial charge in [0, 0.05) is 18.4 Å². The largest absolute Gasteiger partial charge is 0.502 e. The molecule has 0 atom stereocenters. The number of phenolic OH excluding ortho intramolecular Hbond substituents is 1. The molecule has 0 bridgehead atoms. The van der Waals surface area contributed by atoms with Gasteiger partial charge in [-0.25, -0.2) is 4.39 Å².